The molecule has 0 aliphatic rings. The van der Waals surface area contributed by atoms with Crippen LogP contribution in [0.5, 0.6) is 0 Å². The molecular formula is C13H16BrN3. The van der Waals surface area contributed by atoms with Gasteiger partial charge in [-0.05, 0) is 47.0 Å². The first-order valence-electron chi connectivity index (χ1n) is 5.75. The van der Waals surface area contributed by atoms with Gasteiger partial charge in [0.15, 0.2) is 0 Å². The summed E-state index contributed by atoms with van der Waals surface area (Å²) in [6.07, 6.45) is 4.91. The smallest absolute Gasteiger partial charge is 0.207 e. The van der Waals surface area contributed by atoms with Gasteiger partial charge in [0.1, 0.15) is 0 Å². The number of hydrogen-bond donors (Lipinski definition) is 1. The third kappa shape index (κ3) is 2.88. The second kappa shape index (κ2) is 5.36. The summed E-state index contributed by atoms with van der Waals surface area (Å²) in [6.45, 7) is 5.22. The van der Waals surface area contributed by atoms with Crippen LogP contribution in [-0.4, -0.2) is 9.55 Å². The Bertz CT molecular complexity index is 505. The van der Waals surface area contributed by atoms with Crippen molar-refractivity contribution in [1.82, 2.24) is 9.55 Å². The van der Waals surface area contributed by atoms with Crippen LogP contribution < -0.4 is 5.32 Å². The maximum Gasteiger partial charge on any atom is 0.207 e. The molecule has 0 saturated heterocycles. The van der Waals surface area contributed by atoms with Gasteiger partial charge < -0.3 is 9.88 Å². The molecule has 0 aliphatic heterocycles. The first-order valence-corrected chi connectivity index (χ1v) is 6.54. The number of nitrogens with one attached hydrogen (secondary N) is 1. The molecule has 4 heteroatoms. The quantitative estimate of drug-likeness (QED) is 0.919. The fourth-order valence-corrected chi connectivity index (χ4v) is 2.06. The lowest BCUT2D eigenvalue weighted by atomic mass is 10.2. The van der Waals surface area contributed by atoms with Crippen LogP contribution in [0.3, 0.4) is 0 Å². The summed E-state index contributed by atoms with van der Waals surface area (Å²) in [5.74, 6) is 0.887. The summed E-state index contributed by atoms with van der Waals surface area (Å²) in [4.78, 5) is 4.33. The highest BCUT2D eigenvalue weighted by molar-refractivity contribution is 9.10. The highest BCUT2D eigenvalue weighted by atomic mass is 79.9. The van der Waals surface area contributed by atoms with Crippen LogP contribution in [0.4, 0.5) is 11.6 Å². The minimum absolute atomic E-state index is 0.887. The minimum Gasteiger partial charge on any atom is -0.325 e. The third-order valence-electron chi connectivity index (χ3n) is 2.55. The maximum atomic E-state index is 4.33. The number of aryl methyl sites for hydroxylation is 2. The summed E-state index contributed by atoms with van der Waals surface area (Å²) in [5, 5.41) is 3.35. The Morgan fingerprint density at radius 1 is 1.41 bits per heavy atom. The van der Waals surface area contributed by atoms with Crippen LogP contribution in [0.25, 0.3) is 0 Å². The number of halogens is 1. The van der Waals surface area contributed by atoms with Crippen molar-refractivity contribution in [3.05, 3.63) is 40.6 Å². The third-order valence-corrected chi connectivity index (χ3v) is 3.24. The van der Waals surface area contributed by atoms with E-state index in [1.54, 1.807) is 0 Å². The first kappa shape index (κ1) is 12.2. The lowest BCUT2D eigenvalue weighted by Gasteiger charge is -2.11. The zero-order valence-corrected chi connectivity index (χ0v) is 11.7. The molecule has 0 atom stereocenters. The van der Waals surface area contributed by atoms with Crippen molar-refractivity contribution in [1.29, 1.82) is 0 Å². The molecule has 90 valence electrons. The van der Waals surface area contributed by atoms with E-state index in [0.717, 1.165) is 29.1 Å². The number of benzene rings is 1. The number of aromatic nitrogens is 2. The SMILES string of the molecule is CCCn1ccnc1Nc1cc(C)ccc1Br. The van der Waals surface area contributed by atoms with Crippen LogP contribution in [-0.2, 0) is 6.54 Å². The number of imidazole rings is 1. The number of anilines is 2. The molecule has 0 bridgehead atoms. The fourth-order valence-electron chi connectivity index (χ4n) is 1.71. The van der Waals surface area contributed by atoms with E-state index >= 15 is 0 Å². The summed E-state index contributed by atoms with van der Waals surface area (Å²) in [7, 11) is 0. The van der Waals surface area contributed by atoms with Crippen molar-refractivity contribution in [3.63, 3.8) is 0 Å². The molecule has 2 aromatic rings. The van der Waals surface area contributed by atoms with Gasteiger partial charge in [0.2, 0.25) is 5.95 Å². The normalized spacial score (nSPS) is 10.5. The average molecular weight is 294 g/mol. The molecule has 2 rings (SSSR count). The molecule has 0 fully saturated rings. The molecule has 0 radical (unpaired) electrons. The summed E-state index contributed by atoms with van der Waals surface area (Å²) in [6, 6.07) is 6.23. The Morgan fingerprint density at radius 2 is 2.24 bits per heavy atom. The van der Waals surface area contributed by atoms with Crippen LogP contribution in [0.2, 0.25) is 0 Å². The lowest BCUT2D eigenvalue weighted by Crippen LogP contribution is -2.03. The first-order chi connectivity index (χ1) is 8.20. The van der Waals surface area contributed by atoms with E-state index in [1.807, 2.05) is 18.5 Å². The zero-order chi connectivity index (χ0) is 12.3. The summed E-state index contributed by atoms with van der Waals surface area (Å²) >= 11 is 3.54. The Kier molecular flexibility index (Phi) is 3.84. The molecule has 1 N–H and O–H groups in total. The van der Waals surface area contributed by atoms with E-state index in [0.29, 0.717) is 0 Å². The predicted octanol–water partition coefficient (Wildman–Crippen LogP) is 4.11. The topological polar surface area (TPSA) is 29.9 Å². The van der Waals surface area contributed by atoms with Crippen molar-refractivity contribution >= 4 is 27.6 Å². The van der Waals surface area contributed by atoms with Gasteiger partial charge in [-0.25, -0.2) is 4.98 Å². The molecular weight excluding hydrogens is 278 g/mol. The van der Waals surface area contributed by atoms with E-state index in [-0.39, 0.29) is 0 Å². The monoisotopic (exact) mass is 293 g/mol. The van der Waals surface area contributed by atoms with Gasteiger partial charge in [0.25, 0.3) is 0 Å². The largest absolute Gasteiger partial charge is 0.325 e. The minimum atomic E-state index is 0.887. The van der Waals surface area contributed by atoms with Gasteiger partial charge in [0.05, 0.1) is 5.69 Å². The zero-order valence-electron chi connectivity index (χ0n) is 10.1. The van der Waals surface area contributed by atoms with Gasteiger partial charge in [-0.2, -0.15) is 0 Å². The van der Waals surface area contributed by atoms with Crippen molar-refractivity contribution in [3.8, 4) is 0 Å². The lowest BCUT2D eigenvalue weighted by molar-refractivity contribution is 0.686. The standard InChI is InChI=1S/C13H16BrN3/c1-3-7-17-8-6-15-13(17)16-12-9-10(2)4-5-11(12)14/h4-6,8-9H,3,7H2,1-2H3,(H,15,16). The second-order valence-electron chi connectivity index (χ2n) is 4.05. The molecule has 0 saturated carbocycles. The summed E-state index contributed by atoms with van der Waals surface area (Å²) < 4.78 is 3.17. The molecule has 3 nitrogen and oxygen atoms in total. The predicted molar refractivity (Wildman–Crippen MR) is 74.7 cm³/mol. The van der Waals surface area contributed by atoms with Crippen LogP contribution in [0.15, 0.2) is 35.1 Å². The van der Waals surface area contributed by atoms with E-state index in [4.69, 9.17) is 0 Å². The molecule has 0 spiro atoms. The number of rotatable bonds is 4. The van der Waals surface area contributed by atoms with Crippen molar-refractivity contribution in [2.75, 3.05) is 5.32 Å². The van der Waals surface area contributed by atoms with E-state index in [9.17, 15) is 0 Å². The van der Waals surface area contributed by atoms with Crippen LogP contribution in [0.1, 0.15) is 18.9 Å². The highest BCUT2D eigenvalue weighted by Gasteiger charge is 2.05. The van der Waals surface area contributed by atoms with Crippen LogP contribution >= 0.6 is 15.9 Å². The van der Waals surface area contributed by atoms with Crippen LogP contribution in [0, 0.1) is 6.92 Å². The molecule has 0 amide bonds. The molecule has 0 aliphatic carbocycles. The van der Waals surface area contributed by atoms with Gasteiger partial charge in [0, 0.05) is 23.4 Å². The Hall–Kier alpha value is -1.29. The Balaban J connectivity index is 2.25. The second-order valence-corrected chi connectivity index (χ2v) is 4.91. The average Bonchev–Trinajstić information content (AvgIpc) is 2.72. The van der Waals surface area contributed by atoms with Crippen molar-refractivity contribution < 1.29 is 0 Å². The van der Waals surface area contributed by atoms with E-state index in [1.165, 1.54) is 5.56 Å². The molecule has 1 aromatic heterocycles. The van der Waals surface area contributed by atoms with Gasteiger partial charge in [-0.1, -0.05) is 13.0 Å². The molecule has 1 aromatic carbocycles. The van der Waals surface area contributed by atoms with Gasteiger partial charge in [-0.15, -0.1) is 0 Å². The van der Waals surface area contributed by atoms with Crippen molar-refractivity contribution in [2.24, 2.45) is 0 Å². The fraction of sp³-hybridized carbons (Fsp3) is 0.308. The Labute approximate surface area is 110 Å². The highest BCUT2D eigenvalue weighted by Crippen LogP contribution is 2.26. The summed E-state index contributed by atoms with van der Waals surface area (Å²) in [5.41, 5.74) is 2.28. The maximum absolute atomic E-state index is 4.33. The van der Waals surface area contributed by atoms with Gasteiger partial charge in [-0.3, -0.25) is 0 Å². The number of nitrogens with zero attached hydrogens (tertiary/aromatic N) is 2. The molecule has 17 heavy (non-hydrogen) atoms. The Morgan fingerprint density at radius 3 is 3.00 bits per heavy atom. The van der Waals surface area contributed by atoms with Gasteiger partial charge >= 0.3 is 0 Å². The van der Waals surface area contributed by atoms with Crippen molar-refractivity contribution in [2.45, 2.75) is 26.8 Å². The molecule has 0 unspecified atom stereocenters. The molecule has 1 heterocycles. The number of hydrogen-bond acceptors (Lipinski definition) is 2. The van der Waals surface area contributed by atoms with E-state index in [2.05, 4.69) is 56.8 Å². The van der Waals surface area contributed by atoms with E-state index < -0.39 is 0 Å².